The van der Waals surface area contributed by atoms with E-state index >= 15 is 0 Å². The number of rotatable bonds is 2. The molecule has 3 N–H and O–H groups in total. The molecule has 98 valence electrons. The van der Waals surface area contributed by atoms with E-state index in [4.69, 9.17) is 17.3 Å². The fourth-order valence-corrected chi connectivity index (χ4v) is 2.18. The van der Waals surface area contributed by atoms with Gasteiger partial charge in [0.05, 0.1) is 5.56 Å². The van der Waals surface area contributed by atoms with Crippen LogP contribution in [0.1, 0.15) is 15.9 Å². The zero-order valence-electron chi connectivity index (χ0n) is 10.2. The van der Waals surface area contributed by atoms with E-state index in [2.05, 4.69) is 21.2 Å². The van der Waals surface area contributed by atoms with Crippen molar-refractivity contribution < 1.29 is 4.79 Å². The summed E-state index contributed by atoms with van der Waals surface area (Å²) < 4.78 is 0.896. The van der Waals surface area contributed by atoms with Gasteiger partial charge in [-0.1, -0.05) is 33.6 Å². The lowest BCUT2D eigenvalue weighted by atomic mass is 10.1. The van der Waals surface area contributed by atoms with Gasteiger partial charge in [0, 0.05) is 20.9 Å². The predicted octanol–water partition coefficient (Wildman–Crippen LogP) is 4.25. The Morgan fingerprint density at radius 1 is 1.26 bits per heavy atom. The van der Waals surface area contributed by atoms with Crippen molar-refractivity contribution in [1.29, 1.82) is 0 Å². The summed E-state index contributed by atoms with van der Waals surface area (Å²) in [5.41, 5.74) is 8.25. The van der Waals surface area contributed by atoms with Gasteiger partial charge in [-0.25, -0.2) is 0 Å². The fraction of sp³-hybridized carbons (Fsp3) is 0.0714. The Kier molecular flexibility index (Phi) is 4.12. The summed E-state index contributed by atoms with van der Waals surface area (Å²) in [5, 5.41) is 3.30. The zero-order chi connectivity index (χ0) is 14.0. The highest BCUT2D eigenvalue weighted by Gasteiger charge is 2.12. The third-order valence-electron chi connectivity index (χ3n) is 2.71. The van der Waals surface area contributed by atoms with Crippen LogP contribution in [0.5, 0.6) is 0 Å². The molecule has 0 spiro atoms. The molecule has 0 saturated heterocycles. The first-order chi connectivity index (χ1) is 8.97. The smallest absolute Gasteiger partial charge is 0.257 e. The second-order valence-corrected chi connectivity index (χ2v) is 5.50. The highest BCUT2D eigenvalue weighted by molar-refractivity contribution is 9.10. The van der Waals surface area contributed by atoms with Gasteiger partial charge in [0.15, 0.2) is 0 Å². The van der Waals surface area contributed by atoms with E-state index in [1.807, 2.05) is 25.1 Å². The van der Waals surface area contributed by atoms with Crippen molar-refractivity contribution in [3.05, 3.63) is 57.0 Å². The molecule has 0 atom stereocenters. The number of carbonyl (C=O) groups excluding carboxylic acids is 1. The van der Waals surface area contributed by atoms with Gasteiger partial charge in [0.1, 0.15) is 0 Å². The number of carbonyl (C=O) groups is 1. The number of aryl methyl sites for hydroxylation is 1. The number of amides is 1. The first-order valence-corrected chi connectivity index (χ1v) is 6.77. The van der Waals surface area contributed by atoms with E-state index in [1.165, 1.54) is 0 Å². The topological polar surface area (TPSA) is 55.1 Å². The molecule has 3 nitrogen and oxygen atoms in total. The lowest BCUT2D eigenvalue weighted by Gasteiger charge is -2.10. The third-order valence-corrected chi connectivity index (χ3v) is 3.44. The van der Waals surface area contributed by atoms with Crippen molar-refractivity contribution in [3.8, 4) is 0 Å². The predicted molar refractivity (Wildman–Crippen MR) is 82.7 cm³/mol. The molecule has 0 saturated carbocycles. The van der Waals surface area contributed by atoms with Crippen molar-refractivity contribution in [1.82, 2.24) is 0 Å². The molecule has 0 aromatic heterocycles. The van der Waals surface area contributed by atoms with Crippen molar-refractivity contribution in [2.24, 2.45) is 0 Å². The van der Waals surface area contributed by atoms with Gasteiger partial charge in [-0.3, -0.25) is 4.79 Å². The highest BCUT2D eigenvalue weighted by atomic mass is 79.9. The number of hydrogen-bond acceptors (Lipinski definition) is 2. The average Bonchev–Trinajstić information content (AvgIpc) is 2.36. The molecule has 0 aliphatic rings. The molecule has 2 aromatic carbocycles. The molecular weight excluding hydrogens is 328 g/mol. The Hall–Kier alpha value is -1.52. The SMILES string of the molecule is Cc1ccc(Br)cc1NC(=O)c1cc(Cl)ccc1N. The van der Waals surface area contributed by atoms with Crippen LogP contribution in [0.15, 0.2) is 40.9 Å². The molecule has 19 heavy (non-hydrogen) atoms. The van der Waals surface area contributed by atoms with Gasteiger partial charge in [0.2, 0.25) is 0 Å². The van der Waals surface area contributed by atoms with E-state index in [1.54, 1.807) is 18.2 Å². The van der Waals surface area contributed by atoms with Gasteiger partial charge in [-0.15, -0.1) is 0 Å². The minimum Gasteiger partial charge on any atom is -0.398 e. The highest BCUT2D eigenvalue weighted by Crippen LogP contribution is 2.23. The molecule has 0 unspecified atom stereocenters. The summed E-state index contributed by atoms with van der Waals surface area (Å²) in [7, 11) is 0. The monoisotopic (exact) mass is 338 g/mol. The standard InChI is InChI=1S/C14H12BrClN2O/c1-8-2-3-9(15)6-13(8)18-14(19)11-7-10(16)4-5-12(11)17/h2-7H,17H2,1H3,(H,18,19). The van der Waals surface area contributed by atoms with Crippen LogP contribution in [0.25, 0.3) is 0 Å². The van der Waals surface area contributed by atoms with Crippen molar-refractivity contribution >= 4 is 44.8 Å². The van der Waals surface area contributed by atoms with Crippen LogP contribution in [0.2, 0.25) is 5.02 Å². The molecule has 2 rings (SSSR count). The molecule has 5 heteroatoms. The molecule has 0 bridgehead atoms. The molecule has 0 fully saturated rings. The largest absolute Gasteiger partial charge is 0.398 e. The number of anilines is 2. The normalized spacial score (nSPS) is 10.3. The van der Waals surface area contributed by atoms with E-state index in [0.717, 1.165) is 15.7 Å². The Labute approximate surface area is 124 Å². The number of nitrogen functional groups attached to an aromatic ring is 1. The lowest BCUT2D eigenvalue weighted by Crippen LogP contribution is -2.14. The minimum absolute atomic E-state index is 0.277. The van der Waals surface area contributed by atoms with Gasteiger partial charge in [0.25, 0.3) is 5.91 Å². The second kappa shape index (κ2) is 5.63. The van der Waals surface area contributed by atoms with Crippen LogP contribution in [0.3, 0.4) is 0 Å². The van der Waals surface area contributed by atoms with E-state index in [-0.39, 0.29) is 5.91 Å². The number of nitrogens with one attached hydrogen (secondary N) is 1. The molecular formula is C14H12BrClN2O. The van der Waals surface area contributed by atoms with Crippen LogP contribution >= 0.6 is 27.5 Å². The Bertz CT molecular complexity index is 643. The minimum atomic E-state index is -0.277. The van der Waals surface area contributed by atoms with Crippen LogP contribution in [-0.2, 0) is 0 Å². The van der Waals surface area contributed by atoms with Crippen LogP contribution in [0, 0.1) is 6.92 Å². The number of benzene rings is 2. The van der Waals surface area contributed by atoms with Crippen LogP contribution in [-0.4, -0.2) is 5.91 Å². The maximum Gasteiger partial charge on any atom is 0.257 e. The number of hydrogen-bond donors (Lipinski definition) is 2. The first-order valence-electron chi connectivity index (χ1n) is 5.60. The Morgan fingerprint density at radius 3 is 2.74 bits per heavy atom. The third kappa shape index (κ3) is 3.28. The molecule has 2 aromatic rings. The summed E-state index contributed by atoms with van der Waals surface area (Å²) in [5.74, 6) is -0.277. The lowest BCUT2D eigenvalue weighted by molar-refractivity contribution is 0.102. The summed E-state index contributed by atoms with van der Waals surface area (Å²) >= 11 is 9.25. The molecule has 0 heterocycles. The maximum atomic E-state index is 12.2. The molecule has 0 radical (unpaired) electrons. The first kappa shape index (κ1) is 13.9. The second-order valence-electron chi connectivity index (χ2n) is 4.14. The summed E-state index contributed by atoms with van der Waals surface area (Å²) in [4.78, 5) is 12.2. The zero-order valence-corrected chi connectivity index (χ0v) is 12.5. The van der Waals surface area contributed by atoms with Crippen molar-refractivity contribution in [2.45, 2.75) is 6.92 Å². The van der Waals surface area contributed by atoms with Gasteiger partial charge < -0.3 is 11.1 Å². The molecule has 0 aliphatic heterocycles. The Balaban J connectivity index is 2.30. The summed E-state index contributed by atoms with van der Waals surface area (Å²) in [6, 6.07) is 10.5. The van der Waals surface area contributed by atoms with Crippen molar-refractivity contribution in [2.75, 3.05) is 11.1 Å². The quantitative estimate of drug-likeness (QED) is 0.804. The van der Waals surface area contributed by atoms with Gasteiger partial charge in [-0.2, -0.15) is 0 Å². The fourth-order valence-electron chi connectivity index (χ4n) is 1.64. The number of halogens is 2. The van der Waals surface area contributed by atoms with Gasteiger partial charge in [-0.05, 0) is 42.8 Å². The van der Waals surface area contributed by atoms with Gasteiger partial charge >= 0.3 is 0 Å². The molecule has 1 amide bonds. The van der Waals surface area contributed by atoms with E-state index in [0.29, 0.717) is 16.3 Å². The summed E-state index contributed by atoms with van der Waals surface area (Å²) in [6.45, 7) is 1.92. The summed E-state index contributed by atoms with van der Waals surface area (Å²) in [6.07, 6.45) is 0. The van der Waals surface area contributed by atoms with Crippen molar-refractivity contribution in [3.63, 3.8) is 0 Å². The van der Waals surface area contributed by atoms with Crippen LogP contribution < -0.4 is 11.1 Å². The maximum absolute atomic E-state index is 12.2. The van der Waals surface area contributed by atoms with E-state index < -0.39 is 0 Å². The van der Waals surface area contributed by atoms with E-state index in [9.17, 15) is 4.79 Å². The average molecular weight is 340 g/mol. The molecule has 0 aliphatic carbocycles. The number of nitrogens with two attached hydrogens (primary N) is 1. The van der Waals surface area contributed by atoms with Crippen LogP contribution in [0.4, 0.5) is 11.4 Å². The Morgan fingerprint density at radius 2 is 2.00 bits per heavy atom.